The highest BCUT2D eigenvalue weighted by Gasteiger charge is 2.24. The minimum absolute atomic E-state index is 0.0382. The first-order valence-corrected chi connectivity index (χ1v) is 12.1. The van der Waals surface area contributed by atoms with Crippen molar-refractivity contribution >= 4 is 16.9 Å². The molecule has 0 unspecified atom stereocenters. The molecule has 1 amide bonds. The largest absolute Gasteiger partial charge is 0.341 e. The van der Waals surface area contributed by atoms with E-state index in [4.69, 9.17) is 0 Å². The van der Waals surface area contributed by atoms with E-state index in [1.54, 1.807) is 17.0 Å². The van der Waals surface area contributed by atoms with Crippen molar-refractivity contribution < 1.29 is 9.18 Å². The molecule has 0 atom stereocenters. The second-order valence-electron chi connectivity index (χ2n) is 9.27. The molecule has 5 rings (SSSR count). The van der Waals surface area contributed by atoms with E-state index in [-0.39, 0.29) is 24.5 Å². The first-order chi connectivity index (χ1) is 17.5. The molecule has 4 aromatic rings. The molecule has 0 aliphatic carbocycles. The number of rotatable bonds is 6. The summed E-state index contributed by atoms with van der Waals surface area (Å²) in [7, 11) is 0. The number of hydrogen-bond acceptors (Lipinski definition) is 4. The number of benzene rings is 2. The number of likely N-dealkylation sites (tertiary alicyclic amines) is 1. The quantitative estimate of drug-likeness (QED) is 0.419. The predicted molar refractivity (Wildman–Crippen MR) is 135 cm³/mol. The molecule has 1 aliphatic rings. The smallest absolute Gasteiger partial charge is 0.332 e. The van der Waals surface area contributed by atoms with Gasteiger partial charge in [0.2, 0.25) is 5.91 Å². The molecule has 8 heteroatoms. The molecule has 1 saturated heterocycles. The van der Waals surface area contributed by atoms with Gasteiger partial charge in [0.25, 0.3) is 5.56 Å². The van der Waals surface area contributed by atoms with Crippen LogP contribution >= 0.6 is 0 Å². The van der Waals surface area contributed by atoms with Gasteiger partial charge < -0.3 is 4.90 Å². The number of fused-ring (bicyclic) bond motifs is 1. The molecule has 0 bridgehead atoms. The summed E-state index contributed by atoms with van der Waals surface area (Å²) in [6, 6.07) is 19.2. The van der Waals surface area contributed by atoms with Crippen molar-refractivity contribution in [1.82, 2.24) is 19.0 Å². The van der Waals surface area contributed by atoms with E-state index in [2.05, 4.69) is 17.1 Å². The number of piperidine rings is 1. The Hall–Kier alpha value is -4.07. The van der Waals surface area contributed by atoms with Gasteiger partial charge in [-0.05, 0) is 60.6 Å². The Morgan fingerprint density at radius 3 is 2.33 bits per heavy atom. The van der Waals surface area contributed by atoms with Crippen molar-refractivity contribution in [2.24, 2.45) is 5.92 Å². The van der Waals surface area contributed by atoms with Crippen LogP contribution in [-0.2, 0) is 24.3 Å². The molecule has 3 heterocycles. The number of pyridine rings is 1. The lowest BCUT2D eigenvalue weighted by Gasteiger charge is -2.32. The molecule has 1 aliphatic heterocycles. The molecule has 2 aromatic heterocycles. The third kappa shape index (κ3) is 4.98. The van der Waals surface area contributed by atoms with Gasteiger partial charge in [0.15, 0.2) is 5.52 Å². The summed E-state index contributed by atoms with van der Waals surface area (Å²) in [4.78, 5) is 45.7. The van der Waals surface area contributed by atoms with Crippen molar-refractivity contribution in [2.45, 2.75) is 32.4 Å². The second-order valence-corrected chi connectivity index (χ2v) is 9.27. The number of nitrogens with zero attached hydrogens (tertiary/aromatic N) is 4. The van der Waals surface area contributed by atoms with Crippen LogP contribution in [0.15, 0.2) is 82.5 Å². The van der Waals surface area contributed by atoms with E-state index >= 15 is 0 Å². The molecular formula is C28H27FN4O3. The zero-order chi connectivity index (χ0) is 25.1. The fourth-order valence-corrected chi connectivity index (χ4v) is 4.88. The fraction of sp³-hybridized carbons (Fsp3) is 0.286. The standard InChI is InChI=1S/C28H27FN4O3/c29-23-10-8-22(9-11-23)18-33-27(35)26-24(7-4-14-30-26)32(28(33)36)19-25(34)31-15-12-21(13-16-31)17-20-5-2-1-3-6-20/h1-11,14,21H,12-13,15-19H2. The van der Waals surface area contributed by atoms with Crippen LogP contribution in [0, 0.1) is 11.7 Å². The van der Waals surface area contributed by atoms with Crippen LogP contribution in [0.5, 0.6) is 0 Å². The van der Waals surface area contributed by atoms with Crippen molar-refractivity contribution in [3.05, 3.63) is 111 Å². The summed E-state index contributed by atoms with van der Waals surface area (Å²) in [6.07, 6.45) is 4.29. The van der Waals surface area contributed by atoms with Crippen LogP contribution in [0.25, 0.3) is 11.0 Å². The van der Waals surface area contributed by atoms with Gasteiger partial charge in [-0.15, -0.1) is 0 Å². The first-order valence-electron chi connectivity index (χ1n) is 12.1. The Bertz CT molecular complexity index is 1490. The highest BCUT2D eigenvalue weighted by atomic mass is 19.1. The van der Waals surface area contributed by atoms with Crippen molar-refractivity contribution in [3.8, 4) is 0 Å². The summed E-state index contributed by atoms with van der Waals surface area (Å²) in [5.74, 6) is -0.0453. The van der Waals surface area contributed by atoms with Crippen LogP contribution in [-0.4, -0.2) is 38.0 Å². The average molecular weight is 487 g/mol. The molecule has 2 aromatic carbocycles. The fourth-order valence-electron chi connectivity index (χ4n) is 4.88. The Morgan fingerprint density at radius 2 is 1.61 bits per heavy atom. The highest BCUT2D eigenvalue weighted by Crippen LogP contribution is 2.22. The Kier molecular flexibility index (Phi) is 6.75. The molecule has 36 heavy (non-hydrogen) atoms. The average Bonchev–Trinajstić information content (AvgIpc) is 2.91. The Labute approximate surface area is 207 Å². The summed E-state index contributed by atoms with van der Waals surface area (Å²) >= 11 is 0. The van der Waals surface area contributed by atoms with Crippen LogP contribution in [0.1, 0.15) is 24.0 Å². The minimum Gasteiger partial charge on any atom is -0.341 e. The number of hydrogen-bond donors (Lipinski definition) is 0. The second kappa shape index (κ2) is 10.3. The van der Waals surface area contributed by atoms with E-state index in [0.29, 0.717) is 30.1 Å². The van der Waals surface area contributed by atoms with Crippen LogP contribution in [0.4, 0.5) is 4.39 Å². The number of halogens is 1. The maximum atomic E-state index is 13.4. The maximum absolute atomic E-state index is 13.4. The summed E-state index contributed by atoms with van der Waals surface area (Å²) in [5.41, 5.74) is 1.23. The van der Waals surface area contributed by atoms with Crippen LogP contribution < -0.4 is 11.2 Å². The zero-order valence-corrected chi connectivity index (χ0v) is 19.8. The van der Waals surface area contributed by atoms with E-state index in [0.717, 1.165) is 23.8 Å². The molecule has 0 saturated carbocycles. The first kappa shape index (κ1) is 23.7. The van der Waals surface area contributed by atoms with Crippen molar-refractivity contribution in [1.29, 1.82) is 0 Å². The third-order valence-corrected chi connectivity index (χ3v) is 6.87. The number of carbonyl (C=O) groups is 1. The minimum atomic E-state index is -0.586. The van der Waals surface area contributed by atoms with Gasteiger partial charge in [-0.2, -0.15) is 0 Å². The Balaban J connectivity index is 1.37. The van der Waals surface area contributed by atoms with Crippen molar-refractivity contribution in [2.75, 3.05) is 13.1 Å². The van der Waals surface area contributed by atoms with Crippen molar-refractivity contribution in [3.63, 3.8) is 0 Å². The number of amides is 1. The SMILES string of the molecule is O=C(Cn1c(=O)n(Cc2ccc(F)cc2)c(=O)c2ncccc21)N1CCC(Cc2ccccc2)CC1. The van der Waals surface area contributed by atoms with Gasteiger partial charge in [-0.3, -0.25) is 18.7 Å². The summed E-state index contributed by atoms with van der Waals surface area (Å²) in [5, 5.41) is 0. The topological polar surface area (TPSA) is 77.2 Å². The van der Waals surface area contributed by atoms with E-state index in [9.17, 15) is 18.8 Å². The monoisotopic (exact) mass is 486 g/mol. The van der Waals surface area contributed by atoms with Gasteiger partial charge in [0, 0.05) is 19.3 Å². The lowest BCUT2D eigenvalue weighted by Crippen LogP contribution is -2.45. The van der Waals surface area contributed by atoms with Gasteiger partial charge in [0.1, 0.15) is 12.4 Å². The summed E-state index contributed by atoms with van der Waals surface area (Å²) < 4.78 is 15.7. The lowest BCUT2D eigenvalue weighted by molar-refractivity contribution is -0.133. The lowest BCUT2D eigenvalue weighted by atomic mass is 9.90. The molecule has 1 fully saturated rings. The Morgan fingerprint density at radius 1 is 0.889 bits per heavy atom. The van der Waals surface area contributed by atoms with Gasteiger partial charge >= 0.3 is 5.69 Å². The van der Waals surface area contributed by atoms with Gasteiger partial charge in [-0.25, -0.2) is 14.2 Å². The zero-order valence-electron chi connectivity index (χ0n) is 19.8. The van der Waals surface area contributed by atoms with E-state index in [1.807, 2.05) is 18.2 Å². The van der Waals surface area contributed by atoms with Gasteiger partial charge in [0.05, 0.1) is 12.1 Å². The number of aromatic nitrogens is 3. The van der Waals surface area contributed by atoms with Crippen LogP contribution in [0.2, 0.25) is 0 Å². The molecular weight excluding hydrogens is 459 g/mol. The molecule has 0 spiro atoms. The van der Waals surface area contributed by atoms with E-state index in [1.165, 1.54) is 40.6 Å². The molecule has 7 nitrogen and oxygen atoms in total. The predicted octanol–water partition coefficient (Wildman–Crippen LogP) is 3.23. The molecule has 0 radical (unpaired) electrons. The highest BCUT2D eigenvalue weighted by molar-refractivity contribution is 5.79. The normalized spacial score (nSPS) is 14.3. The number of carbonyl (C=O) groups excluding carboxylic acids is 1. The molecule has 0 N–H and O–H groups in total. The van der Waals surface area contributed by atoms with E-state index < -0.39 is 17.1 Å². The third-order valence-electron chi connectivity index (χ3n) is 6.87. The maximum Gasteiger partial charge on any atom is 0.332 e. The summed E-state index contributed by atoms with van der Waals surface area (Å²) in [6.45, 7) is 1.06. The van der Waals surface area contributed by atoms with Gasteiger partial charge in [-0.1, -0.05) is 42.5 Å². The van der Waals surface area contributed by atoms with Crippen LogP contribution in [0.3, 0.4) is 0 Å². The molecule has 184 valence electrons.